The summed E-state index contributed by atoms with van der Waals surface area (Å²) >= 11 is 9.48. The molecular formula is C18H26BrClN2O2. The monoisotopic (exact) mass is 416 g/mol. The van der Waals surface area contributed by atoms with Gasteiger partial charge in [0, 0.05) is 30.1 Å². The van der Waals surface area contributed by atoms with Crippen molar-refractivity contribution in [3.05, 3.63) is 33.3 Å². The molecule has 1 aromatic carbocycles. The number of carbonyl (C=O) groups is 1. The lowest BCUT2D eigenvalue weighted by atomic mass is 10.1. The SMILES string of the molecule is CC(C)(C)OC(=O)N1CCCC(NCc2ccc(Cl)c(Br)c2)CC1. The fourth-order valence-corrected chi connectivity index (χ4v) is 3.27. The molecule has 0 bridgehead atoms. The van der Waals surface area contributed by atoms with Crippen LogP contribution in [0.2, 0.25) is 5.02 Å². The predicted molar refractivity (Wildman–Crippen MR) is 101 cm³/mol. The molecule has 1 aliphatic heterocycles. The summed E-state index contributed by atoms with van der Waals surface area (Å²) in [5, 5.41) is 4.31. The first-order chi connectivity index (χ1) is 11.2. The first kappa shape index (κ1) is 19.5. The molecule has 0 radical (unpaired) electrons. The number of nitrogens with zero attached hydrogens (tertiary/aromatic N) is 1. The first-order valence-electron chi connectivity index (χ1n) is 8.40. The Hall–Kier alpha value is -0.780. The van der Waals surface area contributed by atoms with Crippen LogP contribution in [0.25, 0.3) is 0 Å². The molecule has 0 aromatic heterocycles. The zero-order valence-electron chi connectivity index (χ0n) is 14.6. The van der Waals surface area contributed by atoms with Gasteiger partial charge in [0.1, 0.15) is 5.60 Å². The highest BCUT2D eigenvalue weighted by Gasteiger charge is 2.25. The number of benzene rings is 1. The van der Waals surface area contributed by atoms with Crippen molar-refractivity contribution < 1.29 is 9.53 Å². The van der Waals surface area contributed by atoms with Crippen molar-refractivity contribution in [1.29, 1.82) is 0 Å². The summed E-state index contributed by atoms with van der Waals surface area (Å²) in [7, 11) is 0. The molecule has 1 fully saturated rings. The van der Waals surface area contributed by atoms with Crippen molar-refractivity contribution in [3.8, 4) is 0 Å². The molecule has 2 rings (SSSR count). The number of ether oxygens (including phenoxy) is 1. The molecule has 6 heteroatoms. The summed E-state index contributed by atoms with van der Waals surface area (Å²) in [4.78, 5) is 14.0. The van der Waals surface area contributed by atoms with Crippen LogP contribution >= 0.6 is 27.5 Å². The van der Waals surface area contributed by atoms with Crippen LogP contribution in [0.3, 0.4) is 0 Å². The highest BCUT2D eigenvalue weighted by molar-refractivity contribution is 9.10. The lowest BCUT2D eigenvalue weighted by Gasteiger charge is -2.26. The molecular weight excluding hydrogens is 392 g/mol. The third kappa shape index (κ3) is 6.26. The third-order valence-corrected chi connectivity index (χ3v) is 5.17. The van der Waals surface area contributed by atoms with Gasteiger partial charge in [-0.15, -0.1) is 0 Å². The van der Waals surface area contributed by atoms with Crippen LogP contribution in [0.5, 0.6) is 0 Å². The Kier molecular flexibility index (Phi) is 6.96. The minimum atomic E-state index is -0.441. The molecule has 1 heterocycles. The van der Waals surface area contributed by atoms with Crippen LogP contribution in [0, 0.1) is 0 Å². The second kappa shape index (κ2) is 8.54. The van der Waals surface area contributed by atoms with Crippen LogP contribution in [-0.4, -0.2) is 35.7 Å². The van der Waals surface area contributed by atoms with Gasteiger partial charge in [-0.25, -0.2) is 4.79 Å². The largest absolute Gasteiger partial charge is 0.444 e. The number of hydrogen-bond acceptors (Lipinski definition) is 3. The van der Waals surface area contributed by atoms with Gasteiger partial charge in [0.2, 0.25) is 0 Å². The van der Waals surface area contributed by atoms with E-state index in [9.17, 15) is 4.79 Å². The molecule has 4 nitrogen and oxygen atoms in total. The zero-order chi connectivity index (χ0) is 17.7. The van der Waals surface area contributed by atoms with Crippen molar-refractivity contribution in [2.45, 2.75) is 58.2 Å². The minimum absolute atomic E-state index is 0.204. The van der Waals surface area contributed by atoms with Gasteiger partial charge in [-0.2, -0.15) is 0 Å². The molecule has 1 amide bonds. The Balaban J connectivity index is 1.82. The van der Waals surface area contributed by atoms with Gasteiger partial charge in [-0.05, 0) is 73.7 Å². The Morgan fingerprint density at radius 1 is 1.38 bits per heavy atom. The van der Waals surface area contributed by atoms with E-state index in [2.05, 4.69) is 21.2 Å². The maximum Gasteiger partial charge on any atom is 0.410 e. The van der Waals surface area contributed by atoms with Crippen LogP contribution in [0.15, 0.2) is 22.7 Å². The van der Waals surface area contributed by atoms with Gasteiger partial charge in [0.25, 0.3) is 0 Å². The normalized spacial score (nSPS) is 19.0. The van der Waals surface area contributed by atoms with Crippen molar-refractivity contribution in [1.82, 2.24) is 10.2 Å². The maximum atomic E-state index is 12.2. The number of nitrogens with one attached hydrogen (secondary N) is 1. The lowest BCUT2D eigenvalue weighted by molar-refractivity contribution is 0.0256. The molecule has 1 unspecified atom stereocenters. The predicted octanol–water partition coefficient (Wildman–Crippen LogP) is 4.98. The smallest absolute Gasteiger partial charge is 0.410 e. The topological polar surface area (TPSA) is 41.6 Å². The van der Waals surface area contributed by atoms with E-state index >= 15 is 0 Å². The summed E-state index contributed by atoms with van der Waals surface area (Å²) < 4.78 is 6.39. The Bertz CT molecular complexity index is 575. The van der Waals surface area contributed by atoms with E-state index in [4.69, 9.17) is 16.3 Å². The zero-order valence-corrected chi connectivity index (χ0v) is 16.9. The molecule has 0 spiro atoms. The summed E-state index contributed by atoms with van der Waals surface area (Å²) in [6.45, 7) is 8.00. The van der Waals surface area contributed by atoms with E-state index in [1.807, 2.05) is 43.9 Å². The van der Waals surface area contributed by atoms with Gasteiger partial charge >= 0.3 is 6.09 Å². The molecule has 0 saturated carbocycles. The lowest BCUT2D eigenvalue weighted by Crippen LogP contribution is -2.38. The van der Waals surface area contributed by atoms with Gasteiger partial charge in [0.05, 0.1) is 5.02 Å². The summed E-state index contributed by atoms with van der Waals surface area (Å²) in [6.07, 6.45) is 2.79. The van der Waals surface area contributed by atoms with Crippen LogP contribution < -0.4 is 5.32 Å². The molecule has 1 N–H and O–H groups in total. The average molecular weight is 418 g/mol. The first-order valence-corrected chi connectivity index (χ1v) is 9.57. The van der Waals surface area contributed by atoms with E-state index in [-0.39, 0.29) is 6.09 Å². The quantitative estimate of drug-likeness (QED) is 0.754. The Morgan fingerprint density at radius 2 is 2.12 bits per heavy atom. The van der Waals surface area contributed by atoms with Crippen molar-refractivity contribution in [2.24, 2.45) is 0 Å². The minimum Gasteiger partial charge on any atom is -0.444 e. The van der Waals surface area contributed by atoms with E-state index in [1.54, 1.807) is 0 Å². The second-order valence-electron chi connectivity index (χ2n) is 7.22. The molecule has 0 aliphatic carbocycles. The van der Waals surface area contributed by atoms with Crippen LogP contribution in [-0.2, 0) is 11.3 Å². The summed E-state index contributed by atoms with van der Waals surface area (Å²) in [5.74, 6) is 0. The molecule has 1 aliphatic rings. The number of carbonyl (C=O) groups excluding carboxylic acids is 1. The number of likely N-dealkylation sites (tertiary alicyclic amines) is 1. The summed E-state index contributed by atoms with van der Waals surface area (Å²) in [6, 6.07) is 6.38. The molecule has 1 atom stereocenters. The standard InChI is InChI=1S/C18H26BrClN2O2/c1-18(2,3)24-17(23)22-9-4-5-14(8-10-22)21-12-13-6-7-16(20)15(19)11-13/h6-7,11,14,21H,4-5,8-10,12H2,1-3H3. The fraction of sp³-hybridized carbons (Fsp3) is 0.611. The fourth-order valence-electron chi connectivity index (χ4n) is 2.72. The van der Waals surface area contributed by atoms with Crippen LogP contribution in [0.4, 0.5) is 4.79 Å². The highest BCUT2D eigenvalue weighted by atomic mass is 79.9. The molecule has 1 saturated heterocycles. The van der Waals surface area contributed by atoms with E-state index in [1.165, 1.54) is 5.56 Å². The number of halogens is 2. The van der Waals surface area contributed by atoms with Gasteiger partial charge in [0.15, 0.2) is 0 Å². The number of amides is 1. The van der Waals surface area contributed by atoms with E-state index in [0.717, 1.165) is 48.4 Å². The Labute approximate surface area is 158 Å². The maximum absolute atomic E-state index is 12.2. The third-order valence-electron chi connectivity index (χ3n) is 3.96. The van der Waals surface area contributed by atoms with Crippen molar-refractivity contribution in [3.63, 3.8) is 0 Å². The Morgan fingerprint density at radius 3 is 2.79 bits per heavy atom. The van der Waals surface area contributed by atoms with Gasteiger partial charge < -0.3 is 15.0 Å². The number of rotatable bonds is 3. The molecule has 134 valence electrons. The van der Waals surface area contributed by atoms with E-state index < -0.39 is 5.60 Å². The molecule has 1 aromatic rings. The second-order valence-corrected chi connectivity index (χ2v) is 8.49. The average Bonchev–Trinajstić information content (AvgIpc) is 2.72. The number of hydrogen-bond donors (Lipinski definition) is 1. The van der Waals surface area contributed by atoms with Crippen molar-refractivity contribution >= 4 is 33.6 Å². The highest BCUT2D eigenvalue weighted by Crippen LogP contribution is 2.23. The molecule has 24 heavy (non-hydrogen) atoms. The van der Waals surface area contributed by atoms with Gasteiger partial charge in [-0.1, -0.05) is 17.7 Å². The van der Waals surface area contributed by atoms with Crippen LogP contribution in [0.1, 0.15) is 45.6 Å². The summed E-state index contributed by atoms with van der Waals surface area (Å²) in [5.41, 5.74) is 0.753. The van der Waals surface area contributed by atoms with Gasteiger partial charge in [-0.3, -0.25) is 0 Å². The van der Waals surface area contributed by atoms with E-state index in [0.29, 0.717) is 6.04 Å². The van der Waals surface area contributed by atoms with Crippen molar-refractivity contribution in [2.75, 3.05) is 13.1 Å².